The minimum absolute atomic E-state index is 0.0890. The molecule has 0 saturated heterocycles. The molecule has 1 saturated carbocycles. The molecular formula is C14H12O4S. The van der Waals surface area contributed by atoms with Crippen LogP contribution in [0.2, 0.25) is 0 Å². The van der Waals surface area contributed by atoms with E-state index in [-0.39, 0.29) is 17.7 Å². The van der Waals surface area contributed by atoms with Gasteiger partial charge in [-0.3, -0.25) is 4.79 Å². The van der Waals surface area contributed by atoms with Crippen LogP contribution in [0.5, 0.6) is 0 Å². The number of carbonyl (C=O) groups is 1. The Morgan fingerprint density at radius 3 is 2.26 bits per heavy atom. The first-order valence-corrected chi connectivity index (χ1v) is 7.42. The van der Waals surface area contributed by atoms with E-state index in [0.29, 0.717) is 0 Å². The third kappa shape index (κ3) is 1.65. The molecule has 1 fully saturated rings. The number of carboxylic acids is 1. The van der Waals surface area contributed by atoms with E-state index < -0.39 is 20.6 Å². The number of rotatable bonds is 3. The van der Waals surface area contributed by atoms with Gasteiger partial charge in [-0.25, -0.2) is 8.42 Å². The number of hydrogen-bond acceptors (Lipinski definition) is 3. The highest BCUT2D eigenvalue weighted by Gasteiger charge is 2.61. The fourth-order valence-corrected chi connectivity index (χ4v) is 4.12. The summed E-state index contributed by atoms with van der Waals surface area (Å²) in [5.41, 5.74) is 0. The molecule has 2 aromatic carbocycles. The predicted octanol–water partition coefficient (Wildman–Crippen LogP) is 2.23. The molecule has 1 N–H and O–H groups in total. The van der Waals surface area contributed by atoms with Crippen molar-refractivity contribution in [2.45, 2.75) is 22.5 Å². The number of fused-ring (bicyclic) bond motifs is 1. The van der Waals surface area contributed by atoms with Crippen LogP contribution in [0.25, 0.3) is 10.8 Å². The Bertz CT molecular complexity index is 773. The van der Waals surface area contributed by atoms with Gasteiger partial charge in [0.2, 0.25) is 0 Å². The second kappa shape index (κ2) is 3.81. The van der Waals surface area contributed by atoms with Gasteiger partial charge in [-0.1, -0.05) is 30.3 Å². The predicted molar refractivity (Wildman–Crippen MR) is 70.7 cm³/mol. The van der Waals surface area contributed by atoms with Gasteiger partial charge in [0.05, 0.1) is 4.90 Å². The molecule has 2 aromatic rings. The van der Waals surface area contributed by atoms with E-state index in [1.54, 1.807) is 12.1 Å². The lowest BCUT2D eigenvalue weighted by Gasteiger charge is -2.12. The molecule has 0 aromatic heterocycles. The van der Waals surface area contributed by atoms with Crippen molar-refractivity contribution < 1.29 is 18.3 Å². The van der Waals surface area contributed by atoms with Gasteiger partial charge < -0.3 is 5.11 Å². The van der Waals surface area contributed by atoms with Gasteiger partial charge in [0, 0.05) is 0 Å². The molecule has 0 unspecified atom stereocenters. The maximum Gasteiger partial charge on any atom is 0.325 e. The number of benzene rings is 2. The normalized spacial score (nSPS) is 17.3. The first kappa shape index (κ1) is 12.2. The van der Waals surface area contributed by atoms with Crippen LogP contribution in [0, 0.1) is 0 Å². The monoisotopic (exact) mass is 276 g/mol. The van der Waals surface area contributed by atoms with Crippen LogP contribution in [0.4, 0.5) is 0 Å². The molecule has 3 rings (SSSR count). The van der Waals surface area contributed by atoms with Crippen LogP contribution in [0.1, 0.15) is 12.8 Å². The second-order valence-electron chi connectivity index (χ2n) is 4.81. The minimum atomic E-state index is -3.82. The highest BCUT2D eigenvalue weighted by Crippen LogP contribution is 2.47. The first-order valence-electron chi connectivity index (χ1n) is 5.94. The smallest absolute Gasteiger partial charge is 0.325 e. The average Bonchev–Trinajstić information content (AvgIpc) is 3.20. The van der Waals surface area contributed by atoms with Gasteiger partial charge in [-0.15, -0.1) is 0 Å². The van der Waals surface area contributed by atoms with E-state index in [0.717, 1.165) is 10.8 Å². The van der Waals surface area contributed by atoms with E-state index in [9.17, 15) is 13.2 Å². The lowest BCUT2D eigenvalue weighted by atomic mass is 10.1. The summed E-state index contributed by atoms with van der Waals surface area (Å²) in [5.74, 6) is -1.25. The van der Waals surface area contributed by atoms with E-state index in [2.05, 4.69) is 0 Å². The molecular weight excluding hydrogens is 264 g/mol. The van der Waals surface area contributed by atoms with E-state index in [4.69, 9.17) is 5.11 Å². The summed E-state index contributed by atoms with van der Waals surface area (Å²) in [4.78, 5) is 11.3. The summed E-state index contributed by atoms with van der Waals surface area (Å²) in [6.07, 6.45) is 0.384. The molecule has 0 atom stereocenters. The molecule has 5 heteroatoms. The van der Waals surface area contributed by atoms with Crippen LogP contribution < -0.4 is 0 Å². The van der Waals surface area contributed by atoms with Gasteiger partial charge in [0.15, 0.2) is 14.6 Å². The Labute approximate surface area is 110 Å². The molecule has 0 aliphatic heterocycles. The third-order valence-corrected chi connectivity index (χ3v) is 6.13. The van der Waals surface area contributed by atoms with Crippen LogP contribution in [-0.2, 0) is 14.6 Å². The topological polar surface area (TPSA) is 71.4 Å². The fraction of sp³-hybridized carbons (Fsp3) is 0.214. The van der Waals surface area contributed by atoms with Gasteiger partial charge in [0.25, 0.3) is 0 Å². The van der Waals surface area contributed by atoms with Crippen molar-refractivity contribution >= 4 is 26.6 Å². The van der Waals surface area contributed by atoms with Crippen molar-refractivity contribution in [3.63, 3.8) is 0 Å². The zero-order valence-electron chi connectivity index (χ0n) is 10.0. The van der Waals surface area contributed by atoms with Gasteiger partial charge in [-0.05, 0) is 35.7 Å². The van der Waals surface area contributed by atoms with Crippen molar-refractivity contribution in [2.75, 3.05) is 0 Å². The summed E-state index contributed by atoms with van der Waals surface area (Å²) < 4.78 is 23.2. The molecule has 0 spiro atoms. The highest BCUT2D eigenvalue weighted by atomic mass is 32.2. The van der Waals surface area contributed by atoms with Crippen LogP contribution in [0.3, 0.4) is 0 Å². The maximum atomic E-state index is 12.4. The molecule has 1 aliphatic carbocycles. The van der Waals surface area contributed by atoms with E-state index in [1.807, 2.05) is 24.3 Å². The summed E-state index contributed by atoms with van der Waals surface area (Å²) in [6.45, 7) is 0. The molecule has 0 amide bonds. The lowest BCUT2D eigenvalue weighted by molar-refractivity contribution is -0.137. The zero-order valence-corrected chi connectivity index (χ0v) is 10.9. The van der Waals surface area contributed by atoms with Gasteiger partial charge in [-0.2, -0.15) is 0 Å². The van der Waals surface area contributed by atoms with Gasteiger partial charge >= 0.3 is 5.97 Å². The molecule has 0 heterocycles. The SMILES string of the molecule is O=C(O)C1(S(=O)(=O)c2ccc3ccccc3c2)CC1. The van der Waals surface area contributed by atoms with Crippen LogP contribution in [-0.4, -0.2) is 24.2 Å². The van der Waals surface area contributed by atoms with Gasteiger partial charge in [0.1, 0.15) is 0 Å². The molecule has 1 aliphatic rings. The quantitative estimate of drug-likeness (QED) is 0.933. The van der Waals surface area contributed by atoms with E-state index >= 15 is 0 Å². The summed E-state index contributed by atoms with van der Waals surface area (Å²) >= 11 is 0. The Hall–Kier alpha value is -1.88. The Morgan fingerprint density at radius 2 is 1.68 bits per heavy atom. The second-order valence-corrected chi connectivity index (χ2v) is 7.07. The summed E-state index contributed by atoms with van der Waals surface area (Å²) in [5, 5.41) is 10.9. The molecule has 19 heavy (non-hydrogen) atoms. The maximum absolute atomic E-state index is 12.4. The Balaban J connectivity index is 2.17. The van der Waals surface area contributed by atoms with Crippen LogP contribution in [0.15, 0.2) is 47.4 Å². The third-order valence-electron chi connectivity index (χ3n) is 3.64. The Kier molecular flexibility index (Phi) is 2.44. The summed E-state index contributed by atoms with van der Waals surface area (Å²) in [7, 11) is -3.82. The average molecular weight is 276 g/mol. The van der Waals surface area contributed by atoms with Crippen molar-refractivity contribution in [3.8, 4) is 0 Å². The zero-order chi connectivity index (χ0) is 13.7. The number of sulfone groups is 1. The Morgan fingerprint density at radius 1 is 1.05 bits per heavy atom. The fourth-order valence-electron chi connectivity index (χ4n) is 2.27. The molecule has 0 bridgehead atoms. The molecule has 4 nitrogen and oxygen atoms in total. The molecule has 98 valence electrons. The summed E-state index contributed by atoms with van der Waals surface area (Å²) in [6, 6.07) is 12.1. The van der Waals surface area contributed by atoms with Crippen LogP contribution >= 0.6 is 0 Å². The standard InChI is InChI=1S/C14H12O4S/c15-13(16)14(7-8-14)19(17,18)12-6-5-10-3-1-2-4-11(10)9-12/h1-6,9H,7-8H2,(H,15,16). The minimum Gasteiger partial charge on any atom is -0.480 e. The van der Waals surface area contributed by atoms with Crippen molar-refractivity contribution in [2.24, 2.45) is 0 Å². The molecule has 0 radical (unpaired) electrons. The number of aliphatic carboxylic acids is 1. The largest absolute Gasteiger partial charge is 0.480 e. The first-order chi connectivity index (χ1) is 8.97. The van der Waals surface area contributed by atoms with Crippen molar-refractivity contribution in [1.82, 2.24) is 0 Å². The number of carboxylic acid groups (broad SMARTS) is 1. The van der Waals surface area contributed by atoms with Crippen molar-refractivity contribution in [3.05, 3.63) is 42.5 Å². The van der Waals surface area contributed by atoms with E-state index in [1.165, 1.54) is 6.07 Å². The number of hydrogen-bond donors (Lipinski definition) is 1. The highest BCUT2D eigenvalue weighted by molar-refractivity contribution is 7.94. The lowest BCUT2D eigenvalue weighted by Crippen LogP contribution is -2.32. The van der Waals surface area contributed by atoms with Crippen molar-refractivity contribution in [1.29, 1.82) is 0 Å².